The van der Waals surface area contributed by atoms with Gasteiger partial charge >= 0.3 is 5.97 Å². The molecule has 1 amide bonds. The van der Waals surface area contributed by atoms with Gasteiger partial charge in [0.1, 0.15) is 4.32 Å². The van der Waals surface area contributed by atoms with Crippen LogP contribution in [0.3, 0.4) is 0 Å². The van der Waals surface area contributed by atoms with Crippen molar-refractivity contribution in [3.63, 3.8) is 0 Å². The van der Waals surface area contributed by atoms with Gasteiger partial charge in [-0.25, -0.2) is 0 Å². The Morgan fingerprint density at radius 2 is 1.96 bits per heavy atom. The van der Waals surface area contributed by atoms with Crippen molar-refractivity contribution in [1.29, 1.82) is 0 Å². The molecule has 0 radical (unpaired) electrons. The van der Waals surface area contributed by atoms with Crippen LogP contribution in [-0.4, -0.2) is 37.0 Å². The lowest BCUT2D eigenvalue weighted by atomic mass is 10.1. The fourth-order valence-corrected chi connectivity index (χ4v) is 3.54. The molecule has 1 heterocycles. The van der Waals surface area contributed by atoms with E-state index in [0.717, 1.165) is 11.1 Å². The SMILES string of the molecule is CCOC(=O)CCC(/C=C/c1ccc(OC)c(OC)c1)=C1\SC(=S)NC1=O. The first-order valence-corrected chi connectivity index (χ1v) is 9.53. The van der Waals surface area contributed by atoms with Gasteiger partial charge in [0.2, 0.25) is 0 Å². The van der Waals surface area contributed by atoms with Crippen LogP contribution in [0.2, 0.25) is 0 Å². The number of benzene rings is 1. The van der Waals surface area contributed by atoms with Crippen molar-refractivity contribution in [2.75, 3.05) is 20.8 Å². The van der Waals surface area contributed by atoms with E-state index in [4.69, 9.17) is 26.4 Å². The molecule has 0 bridgehead atoms. The number of hydrogen-bond donors (Lipinski definition) is 1. The number of nitrogens with one attached hydrogen (secondary N) is 1. The van der Waals surface area contributed by atoms with Gasteiger partial charge in [0.25, 0.3) is 5.91 Å². The fourth-order valence-electron chi connectivity index (χ4n) is 2.42. The van der Waals surface area contributed by atoms with Crippen molar-refractivity contribution in [3.8, 4) is 11.5 Å². The highest BCUT2D eigenvalue weighted by Crippen LogP contribution is 2.31. The summed E-state index contributed by atoms with van der Waals surface area (Å²) in [6.45, 7) is 2.08. The number of ether oxygens (including phenoxy) is 3. The third-order valence-corrected chi connectivity index (χ3v) is 4.99. The van der Waals surface area contributed by atoms with Gasteiger partial charge in [0.15, 0.2) is 11.5 Å². The summed E-state index contributed by atoms with van der Waals surface area (Å²) in [7, 11) is 3.14. The second-order valence-electron chi connectivity index (χ2n) is 5.45. The molecule has 1 aliphatic heterocycles. The molecule has 1 N–H and O–H groups in total. The van der Waals surface area contributed by atoms with Gasteiger partial charge in [-0.2, -0.15) is 0 Å². The molecular formula is C19H21NO5S2. The Morgan fingerprint density at radius 1 is 1.22 bits per heavy atom. The molecule has 0 atom stereocenters. The van der Waals surface area contributed by atoms with E-state index in [2.05, 4.69) is 5.32 Å². The number of carbonyl (C=O) groups excluding carboxylic acids is 2. The van der Waals surface area contributed by atoms with Gasteiger partial charge in [-0.05, 0) is 36.6 Å². The van der Waals surface area contributed by atoms with Crippen LogP contribution in [0.5, 0.6) is 11.5 Å². The molecule has 0 spiro atoms. The number of allylic oxidation sites excluding steroid dienone is 2. The Balaban J connectivity index is 2.27. The maximum atomic E-state index is 12.1. The van der Waals surface area contributed by atoms with E-state index in [1.807, 2.05) is 24.3 Å². The zero-order chi connectivity index (χ0) is 19.8. The van der Waals surface area contributed by atoms with Crippen LogP contribution in [-0.2, 0) is 14.3 Å². The Labute approximate surface area is 167 Å². The lowest BCUT2D eigenvalue weighted by molar-refractivity contribution is -0.143. The summed E-state index contributed by atoms with van der Waals surface area (Å²) in [6.07, 6.45) is 4.23. The Hall–Kier alpha value is -2.32. The van der Waals surface area contributed by atoms with Gasteiger partial charge in [-0.3, -0.25) is 9.59 Å². The first kappa shape index (κ1) is 21.0. The molecule has 0 saturated carbocycles. The summed E-state index contributed by atoms with van der Waals surface area (Å²) in [5.41, 5.74) is 1.59. The second-order valence-corrected chi connectivity index (χ2v) is 7.14. The molecule has 0 aromatic heterocycles. The average molecular weight is 408 g/mol. The third kappa shape index (κ3) is 5.83. The minimum Gasteiger partial charge on any atom is -0.493 e. The van der Waals surface area contributed by atoms with Gasteiger partial charge < -0.3 is 19.5 Å². The maximum Gasteiger partial charge on any atom is 0.306 e. The lowest BCUT2D eigenvalue weighted by Gasteiger charge is -2.08. The van der Waals surface area contributed by atoms with Crippen LogP contribution >= 0.6 is 24.0 Å². The molecule has 8 heteroatoms. The van der Waals surface area contributed by atoms with Crippen molar-refractivity contribution >= 4 is 46.3 Å². The van der Waals surface area contributed by atoms with Crippen molar-refractivity contribution in [2.45, 2.75) is 19.8 Å². The van der Waals surface area contributed by atoms with Gasteiger partial charge in [0.05, 0.1) is 25.7 Å². The monoisotopic (exact) mass is 407 g/mol. The Kier molecular flexibility index (Phi) is 7.87. The first-order chi connectivity index (χ1) is 13.0. The maximum absolute atomic E-state index is 12.1. The molecule has 1 aromatic rings. The zero-order valence-electron chi connectivity index (χ0n) is 15.4. The normalized spacial score (nSPS) is 15.7. The van der Waals surface area contributed by atoms with E-state index >= 15 is 0 Å². The summed E-state index contributed by atoms with van der Waals surface area (Å²) >= 11 is 6.26. The number of carbonyl (C=O) groups is 2. The number of hydrogen-bond acceptors (Lipinski definition) is 7. The van der Waals surface area contributed by atoms with E-state index in [9.17, 15) is 9.59 Å². The third-order valence-electron chi connectivity index (χ3n) is 3.70. The Bertz CT molecular complexity index is 801. The number of esters is 1. The lowest BCUT2D eigenvalue weighted by Crippen LogP contribution is -2.18. The van der Waals surface area contributed by atoms with Crippen molar-refractivity contribution in [2.24, 2.45) is 0 Å². The summed E-state index contributed by atoms with van der Waals surface area (Å²) in [5.74, 6) is 0.683. The predicted molar refractivity (Wildman–Crippen MR) is 110 cm³/mol. The Morgan fingerprint density at radius 3 is 2.56 bits per heavy atom. The minimum absolute atomic E-state index is 0.184. The van der Waals surface area contributed by atoms with E-state index in [-0.39, 0.29) is 18.3 Å². The van der Waals surface area contributed by atoms with Crippen LogP contribution in [0.4, 0.5) is 0 Å². The molecule has 0 aliphatic carbocycles. The van der Waals surface area contributed by atoms with Gasteiger partial charge in [-0.1, -0.05) is 42.2 Å². The standard InChI is InChI=1S/C19H21NO5S2/c1-4-25-16(21)10-8-13(17-18(22)20-19(26)27-17)7-5-12-6-9-14(23-2)15(11-12)24-3/h5-7,9,11H,4,8,10H2,1-3H3,(H,20,22,26)/b7-5+,17-13-. The van der Waals surface area contributed by atoms with Crippen LogP contribution < -0.4 is 14.8 Å². The number of rotatable bonds is 8. The summed E-state index contributed by atoms with van der Waals surface area (Å²) in [6, 6.07) is 5.50. The number of thioether (sulfide) groups is 1. The van der Waals surface area contributed by atoms with Crippen molar-refractivity contribution < 1.29 is 23.8 Å². The molecule has 144 valence electrons. The molecule has 1 fully saturated rings. The quantitative estimate of drug-likeness (QED) is 0.402. The van der Waals surface area contributed by atoms with E-state index < -0.39 is 0 Å². The summed E-state index contributed by atoms with van der Waals surface area (Å²) in [4.78, 5) is 24.3. The molecule has 1 aliphatic rings. The molecule has 1 saturated heterocycles. The summed E-state index contributed by atoms with van der Waals surface area (Å²) < 4.78 is 15.9. The summed E-state index contributed by atoms with van der Waals surface area (Å²) in [5, 5.41) is 2.60. The van der Waals surface area contributed by atoms with E-state index in [0.29, 0.717) is 33.8 Å². The molecule has 1 aromatic carbocycles. The van der Waals surface area contributed by atoms with Crippen LogP contribution in [0, 0.1) is 0 Å². The predicted octanol–water partition coefficient (Wildman–Crippen LogP) is 3.46. The van der Waals surface area contributed by atoms with Crippen LogP contribution in [0.15, 0.2) is 34.8 Å². The highest BCUT2D eigenvalue weighted by molar-refractivity contribution is 8.26. The first-order valence-electron chi connectivity index (χ1n) is 8.30. The molecule has 2 rings (SSSR count). The van der Waals surface area contributed by atoms with Gasteiger partial charge in [0, 0.05) is 6.42 Å². The van der Waals surface area contributed by atoms with E-state index in [1.165, 1.54) is 11.8 Å². The topological polar surface area (TPSA) is 73.9 Å². The zero-order valence-corrected chi connectivity index (χ0v) is 17.0. The highest BCUT2D eigenvalue weighted by atomic mass is 32.2. The average Bonchev–Trinajstić information content (AvgIpc) is 2.99. The highest BCUT2D eigenvalue weighted by Gasteiger charge is 2.25. The fraction of sp³-hybridized carbons (Fsp3) is 0.316. The van der Waals surface area contributed by atoms with E-state index in [1.54, 1.807) is 27.2 Å². The van der Waals surface area contributed by atoms with Crippen molar-refractivity contribution in [1.82, 2.24) is 5.32 Å². The molecule has 27 heavy (non-hydrogen) atoms. The van der Waals surface area contributed by atoms with Crippen molar-refractivity contribution in [3.05, 3.63) is 40.3 Å². The number of methoxy groups -OCH3 is 2. The second kappa shape index (κ2) is 10.1. The smallest absolute Gasteiger partial charge is 0.306 e. The largest absolute Gasteiger partial charge is 0.493 e. The molecule has 6 nitrogen and oxygen atoms in total. The number of thiocarbonyl (C=S) groups is 1. The molecular weight excluding hydrogens is 386 g/mol. The molecule has 0 unspecified atom stereocenters. The van der Waals surface area contributed by atoms with Gasteiger partial charge in [-0.15, -0.1) is 0 Å². The van der Waals surface area contributed by atoms with Crippen LogP contribution in [0.25, 0.3) is 6.08 Å². The minimum atomic E-state index is -0.305. The number of amides is 1. The van der Waals surface area contributed by atoms with Crippen LogP contribution in [0.1, 0.15) is 25.3 Å².